The number of carboxylic acid groups (broad SMARTS) is 1. The Kier molecular flexibility index (Phi) is 5.43. The summed E-state index contributed by atoms with van der Waals surface area (Å²) in [6, 6.07) is 0. The fraction of sp³-hybridized carbons (Fsp3) is 0.812. The molecule has 1 saturated carbocycles. The molecule has 1 rings (SSSR count). The summed E-state index contributed by atoms with van der Waals surface area (Å²) < 4.78 is 0. The molecule has 2 heteroatoms. The van der Waals surface area contributed by atoms with Crippen LogP contribution in [0.15, 0.2) is 12.2 Å². The highest BCUT2D eigenvalue weighted by Gasteiger charge is 2.40. The van der Waals surface area contributed by atoms with Gasteiger partial charge in [0.25, 0.3) is 0 Å². The molecule has 0 amide bonds. The van der Waals surface area contributed by atoms with Crippen molar-refractivity contribution in [1.29, 1.82) is 0 Å². The number of aliphatic carboxylic acids is 1. The highest BCUT2D eigenvalue weighted by molar-refractivity contribution is 5.66. The second-order valence-electron chi connectivity index (χ2n) is 6.39. The van der Waals surface area contributed by atoms with Crippen molar-refractivity contribution >= 4 is 5.97 Å². The maximum Gasteiger partial charge on any atom is 0.303 e. The molecule has 0 aromatic heterocycles. The Morgan fingerprint density at radius 1 is 1.61 bits per heavy atom. The van der Waals surface area contributed by atoms with Crippen LogP contribution in [0.2, 0.25) is 0 Å². The van der Waals surface area contributed by atoms with E-state index in [0.717, 1.165) is 19.3 Å². The van der Waals surface area contributed by atoms with Crippen LogP contribution in [0.25, 0.3) is 0 Å². The Balaban J connectivity index is 2.84. The Hall–Kier alpha value is -0.790. The van der Waals surface area contributed by atoms with Crippen molar-refractivity contribution in [3.63, 3.8) is 0 Å². The lowest BCUT2D eigenvalue weighted by Crippen LogP contribution is -2.35. The van der Waals surface area contributed by atoms with Gasteiger partial charge in [-0.05, 0) is 42.9 Å². The van der Waals surface area contributed by atoms with E-state index in [2.05, 4.69) is 27.4 Å². The molecular formula is C16H28O2. The van der Waals surface area contributed by atoms with Gasteiger partial charge in [0.05, 0.1) is 0 Å². The van der Waals surface area contributed by atoms with Gasteiger partial charge in [0.15, 0.2) is 0 Å². The van der Waals surface area contributed by atoms with Crippen molar-refractivity contribution in [2.24, 2.45) is 17.3 Å². The minimum Gasteiger partial charge on any atom is -0.481 e. The predicted molar refractivity (Wildman–Crippen MR) is 75.5 cm³/mol. The summed E-state index contributed by atoms with van der Waals surface area (Å²) in [4.78, 5) is 10.9. The summed E-state index contributed by atoms with van der Waals surface area (Å²) in [6.07, 6.45) is 6.80. The molecule has 104 valence electrons. The first kappa shape index (κ1) is 15.3. The molecule has 18 heavy (non-hydrogen) atoms. The number of carboxylic acids is 1. The van der Waals surface area contributed by atoms with Gasteiger partial charge in [-0.3, -0.25) is 4.79 Å². The summed E-state index contributed by atoms with van der Waals surface area (Å²) in [7, 11) is 0. The maximum absolute atomic E-state index is 10.9. The highest BCUT2D eigenvalue weighted by Crippen LogP contribution is 2.50. The molecule has 0 aromatic rings. The molecule has 3 atom stereocenters. The topological polar surface area (TPSA) is 37.3 Å². The Labute approximate surface area is 111 Å². The number of allylic oxidation sites excluding steroid dienone is 1. The molecule has 1 N–H and O–H groups in total. The van der Waals surface area contributed by atoms with E-state index >= 15 is 0 Å². The molecule has 1 fully saturated rings. The number of hydrogen-bond acceptors (Lipinski definition) is 1. The fourth-order valence-corrected chi connectivity index (χ4v) is 3.81. The van der Waals surface area contributed by atoms with Crippen molar-refractivity contribution in [1.82, 2.24) is 0 Å². The molecule has 2 nitrogen and oxygen atoms in total. The van der Waals surface area contributed by atoms with Gasteiger partial charge in [-0.1, -0.05) is 45.8 Å². The lowest BCUT2D eigenvalue weighted by molar-refractivity contribution is -0.138. The largest absolute Gasteiger partial charge is 0.481 e. The molecule has 0 bridgehead atoms. The molecule has 0 spiro atoms. The molecule has 1 aliphatic rings. The number of hydrogen-bond donors (Lipinski definition) is 1. The average Bonchev–Trinajstić information content (AvgIpc) is 2.25. The summed E-state index contributed by atoms with van der Waals surface area (Å²) in [6.45, 7) is 11.0. The van der Waals surface area contributed by atoms with Crippen LogP contribution in [-0.2, 0) is 4.79 Å². The van der Waals surface area contributed by atoms with Crippen molar-refractivity contribution in [2.45, 2.75) is 65.7 Å². The zero-order valence-corrected chi connectivity index (χ0v) is 12.2. The maximum atomic E-state index is 10.9. The van der Waals surface area contributed by atoms with Gasteiger partial charge >= 0.3 is 5.97 Å². The lowest BCUT2D eigenvalue weighted by Gasteiger charge is -2.45. The molecule has 0 saturated heterocycles. The van der Waals surface area contributed by atoms with E-state index < -0.39 is 5.97 Å². The minimum absolute atomic E-state index is 0.184. The third kappa shape index (κ3) is 3.86. The van der Waals surface area contributed by atoms with E-state index in [1.54, 1.807) is 0 Å². The zero-order valence-electron chi connectivity index (χ0n) is 12.2. The van der Waals surface area contributed by atoms with Gasteiger partial charge in [0.1, 0.15) is 0 Å². The normalized spacial score (nSPS) is 30.2. The van der Waals surface area contributed by atoms with Crippen LogP contribution in [0.4, 0.5) is 0 Å². The van der Waals surface area contributed by atoms with Gasteiger partial charge in [-0.2, -0.15) is 0 Å². The molecular weight excluding hydrogens is 224 g/mol. The third-order valence-corrected chi connectivity index (χ3v) is 4.60. The van der Waals surface area contributed by atoms with E-state index in [1.165, 1.54) is 24.8 Å². The van der Waals surface area contributed by atoms with Crippen molar-refractivity contribution in [2.75, 3.05) is 0 Å². The Morgan fingerprint density at radius 2 is 2.28 bits per heavy atom. The predicted octanol–water partition coefficient (Wildman–Crippen LogP) is 4.65. The standard InChI is InChI=1S/C16H28O2/c1-5-6-14(4)16(8-7-15(17)18)10-12(2)9-13(3)11-16/h13-14H,2,5-11H2,1,3-4H3,(H,17,18). The smallest absolute Gasteiger partial charge is 0.303 e. The van der Waals surface area contributed by atoms with Gasteiger partial charge < -0.3 is 5.11 Å². The summed E-state index contributed by atoms with van der Waals surface area (Å²) in [5.74, 6) is 0.586. The highest BCUT2D eigenvalue weighted by atomic mass is 16.4. The van der Waals surface area contributed by atoms with E-state index in [-0.39, 0.29) is 5.41 Å². The van der Waals surface area contributed by atoms with Crippen molar-refractivity contribution < 1.29 is 9.90 Å². The minimum atomic E-state index is -0.665. The molecule has 1 aliphatic carbocycles. The van der Waals surface area contributed by atoms with Crippen LogP contribution in [-0.4, -0.2) is 11.1 Å². The van der Waals surface area contributed by atoms with Crippen molar-refractivity contribution in [3.05, 3.63) is 12.2 Å². The Bertz CT molecular complexity index is 308. The number of rotatable bonds is 6. The second kappa shape index (κ2) is 6.40. The molecule has 0 heterocycles. The molecule has 0 aromatic carbocycles. The van der Waals surface area contributed by atoms with E-state index in [9.17, 15) is 4.79 Å². The van der Waals surface area contributed by atoms with Crippen LogP contribution >= 0.6 is 0 Å². The lowest BCUT2D eigenvalue weighted by atomic mass is 9.59. The van der Waals surface area contributed by atoms with Crippen LogP contribution in [0, 0.1) is 17.3 Å². The monoisotopic (exact) mass is 252 g/mol. The summed E-state index contributed by atoms with van der Waals surface area (Å²) in [5, 5.41) is 8.98. The van der Waals surface area contributed by atoms with Gasteiger partial charge in [-0.25, -0.2) is 0 Å². The van der Waals surface area contributed by atoms with E-state index in [0.29, 0.717) is 18.3 Å². The second-order valence-corrected chi connectivity index (χ2v) is 6.39. The zero-order chi connectivity index (χ0) is 13.8. The molecule has 0 aliphatic heterocycles. The van der Waals surface area contributed by atoms with E-state index in [4.69, 9.17) is 5.11 Å². The average molecular weight is 252 g/mol. The first-order valence-electron chi connectivity index (χ1n) is 7.28. The third-order valence-electron chi connectivity index (χ3n) is 4.60. The van der Waals surface area contributed by atoms with E-state index in [1.807, 2.05) is 0 Å². The fourth-order valence-electron chi connectivity index (χ4n) is 3.81. The summed E-state index contributed by atoms with van der Waals surface area (Å²) >= 11 is 0. The van der Waals surface area contributed by atoms with Gasteiger partial charge in [0, 0.05) is 6.42 Å². The first-order chi connectivity index (χ1) is 8.39. The van der Waals surface area contributed by atoms with Crippen LogP contribution in [0.3, 0.4) is 0 Å². The van der Waals surface area contributed by atoms with Crippen LogP contribution in [0.1, 0.15) is 65.7 Å². The quantitative estimate of drug-likeness (QED) is 0.699. The van der Waals surface area contributed by atoms with Crippen LogP contribution < -0.4 is 0 Å². The Morgan fingerprint density at radius 3 is 2.78 bits per heavy atom. The molecule has 3 unspecified atom stereocenters. The van der Waals surface area contributed by atoms with Gasteiger partial charge in [0.2, 0.25) is 0 Å². The van der Waals surface area contributed by atoms with Gasteiger partial charge in [-0.15, -0.1) is 0 Å². The van der Waals surface area contributed by atoms with Crippen LogP contribution in [0.5, 0.6) is 0 Å². The first-order valence-corrected chi connectivity index (χ1v) is 7.28. The molecule has 0 radical (unpaired) electrons. The van der Waals surface area contributed by atoms with Crippen molar-refractivity contribution in [3.8, 4) is 0 Å². The number of carbonyl (C=O) groups is 1. The SMILES string of the molecule is C=C1CC(C)CC(CCC(=O)O)(C(C)CCC)C1. The summed E-state index contributed by atoms with van der Waals surface area (Å²) in [5.41, 5.74) is 1.51.